The lowest BCUT2D eigenvalue weighted by Gasteiger charge is -2.21. The summed E-state index contributed by atoms with van der Waals surface area (Å²) in [5.41, 5.74) is 2.32. The monoisotopic (exact) mass is 465 g/mol. The minimum atomic E-state index is -0.149. The lowest BCUT2D eigenvalue weighted by atomic mass is 10.1. The number of nitrogens with one attached hydrogen (secondary N) is 3. The van der Waals surface area contributed by atoms with Crippen LogP contribution in [0.1, 0.15) is 67.1 Å². The first-order chi connectivity index (χ1) is 16.7. The number of H-pyrrole nitrogens is 2. The first-order valence-corrected chi connectivity index (χ1v) is 12.5. The van der Waals surface area contributed by atoms with Crippen LogP contribution in [0, 0.1) is 0 Å². The number of nitrogens with zero attached hydrogens (tertiary/aromatic N) is 4. The summed E-state index contributed by atoms with van der Waals surface area (Å²) < 4.78 is 0. The Morgan fingerprint density at radius 2 is 1.59 bits per heavy atom. The minimum Gasteiger partial charge on any atom is -0.347 e. The second kappa shape index (κ2) is 14.3. The normalized spacial score (nSPS) is 11.3. The molecule has 8 nitrogen and oxygen atoms in total. The molecule has 1 amide bonds. The summed E-state index contributed by atoms with van der Waals surface area (Å²) in [7, 11) is 0. The number of hydrogen-bond acceptors (Lipinski definition) is 5. The number of carbonyl (C=O) groups is 1. The van der Waals surface area contributed by atoms with Crippen LogP contribution in [-0.4, -0.2) is 61.8 Å². The van der Waals surface area contributed by atoms with Gasteiger partial charge in [-0.25, -0.2) is 9.97 Å². The van der Waals surface area contributed by atoms with E-state index >= 15 is 0 Å². The molecule has 0 saturated heterocycles. The van der Waals surface area contributed by atoms with Gasteiger partial charge in [-0.3, -0.25) is 4.79 Å². The highest BCUT2D eigenvalue weighted by molar-refractivity contribution is 5.90. The van der Waals surface area contributed by atoms with Gasteiger partial charge in [0.05, 0.1) is 6.54 Å². The molecule has 0 spiro atoms. The van der Waals surface area contributed by atoms with Gasteiger partial charge in [0.15, 0.2) is 5.82 Å². The van der Waals surface area contributed by atoms with Crippen molar-refractivity contribution in [1.29, 1.82) is 0 Å². The zero-order valence-electron chi connectivity index (χ0n) is 20.6. The molecule has 34 heavy (non-hydrogen) atoms. The van der Waals surface area contributed by atoms with Crippen molar-refractivity contribution in [3.05, 3.63) is 71.8 Å². The molecule has 2 aromatic heterocycles. The Bertz CT molecular complexity index is 917. The molecule has 184 valence electrons. The van der Waals surface area contributed by atoms with Crippen LogP contribution in [0.5, 0.6) is 0 Å². The maximum absolute atomic E-state index is 12.9. The van der Waals surface area contributed by atoms with Crippen molar-refractivity contribution >= 4 is 5.91 Å². The van der Waals surface area contributed by atoms with Gasteiger partial charge in [-0.1, -0.05) is 38.1 Å². The van der Waals surface area contributed by atoms with Crippen molar-refractivity contribution in [3.63, 3.8) is 0 Å². The summed E-state index contributed by atoms with van der Waals surface area (Å²) in [6, 6.07) is 8.45. The Morgan fingerprint density at radius 1 is 0.882 bits per heavy atom. The van der Waals surface area contributed by atoms with E-state index in [1.54, 1.807) is 29.7 Å². The summed E-state index contributed by atoms with van der Waals surface area (Å²) in [6.07, 6.45) is 11.6. The topological polar surface area (TPSA) is 92.9 Å². The smallest absolute Gasteiger partial charge is 0.290 e. The standard InChI is InChI=1S/C26H39N7O/c1-3-16-32(17-4-2)18-6-5-11-27-19-22-7-9-23(10-8-22)20-33(21-24-28-12-13-29-24)26(34)25-30-14-15-31-25/h7-10,12-15,27H,3-6,11,16-21H2,1-2H3,(H,28,29)(H,30,31). The Hall–Kier alpha value is -2.97. The van der Waals surface area contributed by atoms with Crippen LogP contribution in [0.25, 0.3) is 0 Å². The van der Waals surface area contributed by atoms with Crippen LogP contribution in [0.4, 0.5) is 0 Å². The van der Waals surface area contributed by atoms with E-state index in [9.17, 15) is 4.79 Å². The van der Waals surface area contributed by atoms with E-state index in [0.717, 1.165) is 24.5 Å². The van der Waals surface area contributed by atoms with Crippen LogP contribution in [-0.2, 0) is 19.6 Å². The van der Waals surface area contributed by atoms with Gasteiger partial charge in [0.25, 0.3) is 5.91 Å². The van der Waals surface area contributed by atoms with Crippen molar-refractivity contribution in [3.8, 4) is 0 Å². The van der Waals surface area contributed by atoms with E-state index < -0.39 is 0 Å². The van der Waals surface area contributed by atoms with E-state index in [1.165, 1.54) is 50.9 Å². The zero-order chi connectivity index (χ0) is 24.0. The summed E-state index contributed by atoms with van der Waals surface area (Å²) in [5, 5.41) is 3.56. The number of carbonyl (C=O) groups excluding carboxylic acids is 1. The predicted octanol–water partition coefficient (Wildman–Crippen LogP) is 3.97. The van der Waals surface area contributed by atoms with Crippen molar-refractivity contribution < 1.29 is 4.79 Å². The highest BCUT2D eigenvalue weighted by Crippen LogP contribution is 2.12. The molecular formula is C26H39N7O. The third-order valence-electron chi connectivity index (χ3n) is 5.77. The average Bonchev–Trinajstić information content (AvgIpc) is 3.56. The first-order valence-electron chi connectivity index (χ1n) is 12.5. The number of unbranched alkanes of at least 4 members (excludes halogenated alkanes) is 1. The molecule has 2 heterocycles. The number of hydrogen-bond donors (Lipinski definition) is 3. The number of imidazole rings is 2. The van der Waals surface area contributed by atoms with E-state index in [1.807, 2.05) is 0 Å². The second-order valence-corrected chi connectivity index (χ2v) is 8.68. The lowest BCUT2D eigenvalue weighted by Crippen LogP contribution is -2.31. The van der Waals surface area contributed by atoms with Crippen LogP contribution in [0.15, 0.2) is 49.1 Å². The van der Waals surface area contributed by atoms with Gasteiger partial charge < -0.3 is 25.1 Å². The number of aromatic amines is 2. The zero-order valence-corrected chi connectivity index (χ0v) is 20.6. The Kier molecular flexibility index (Phi) is 10.8. The van der Waals surface area contributed by atoms with Crippen LogP contribution in [0.2, 0.25) is 0 Å². The van der Waals surface area contributed by atoms with Gasteiger partial charge >= 0.3 is 0 Å². The molecule has 8 heteroatoms. The molecule has 0 aliphatic carbocycles. The Balaban J connectivity index is 1.44. The average molecular weight is 466 g/mol. The Labute approximate surface area is 203 Å². The molecule has 3 aromatic rings. The Morgan fingerprint density at radius 3 is 2.24 bits per heavy atom. The van der Waals surface area contributed by atoms with Crippen LogP contribution in [0.3, 0.4) is 0 Å². The van der Waals surface area contributed by atoms with E-state index in [0.29, 0.717) is 18.9 Å². The van der Waals surface area contributed by atoms with Gasteiger partial charge in [-0.2, -0.15) is 0 Å². The van der Waals surface area contributed by atoms with E-state index in [4.69, 9.17) is 0 Å². The summed E-state index contributed by atoms with van der Waals surface area (Å²) >= 11 is 0. The third kappa shape index (κ3) is 8.43. The van der Waals surface area contributed by atoms with Crippen molar-refractivity contribution in [2.45, 2.75) is 59.2 Å². The molecule has 0 aliphatic heterocycles. The van der Waals surface area contributed by atoms with Crippen molar-refractivity contribution in [2.24, 2.45) is 0 Å². The molecule has 0 aliphatic rings. The SMILES string of the molecule is CCCN(CCC)CCCCNCc1ccc(CN(Cc2ncc[nH]2)C(=O)c2ncc[nH]2)cc1. The van der Waals surface area contributed by atoms with Gasteiger partial charge in [0.2, 0.25) is 0 Å². The summed E-state index contributed by atoms with van der Waals surface area (Å²) in [6.45, 7) is 10.9. The molecular weight excluding hydrogens is 426 g/mol. The van der Waals surface area contributed by atoms with Crippen molar-refractivity contribution in [2.75, 3.05) is 26.2 Å². The fourth-order valence-electron chi connectivity index (χ4n) is 4.07. The fourth-order valence-corrected chi connectivity index (χ4v) is 4.07. The highest BCUT2D eigenvalue weighted by atomic mass is 16.2. The number of benzene rings is 1. The van der Waals surface area contributed by atoms with Crippen LogP contribution >= 0.6 is 0 Å². The molecule has 0 radical (unpaired) electrons. The number of aromatic nitrogens is 4. The molecule has 3 rings (SSSR count). The highest BCUT2D eigenvalue weighted by Gasteiger charge is 2.19. The number of amides is 1. The molecule has 0 bridgehead atoms. The van der Waals surface area contributed by atoms with Gasteiger partial charge in [0, 0.05) is 37.9 Å². The lowest BCUT2D eigenvalue weighted by molar-refractivity contribution is 0.0714. The number of rotatable bonds is 16. The van der Waals surface area contributed by atoms with Crippen molar-refractivity contribution in [1.82, 2.24) is 35.1 Å². The van der Waals surface area contributed by atoms with Crippen LogP contribution < -0.4 is 5.32 Å². The molecule has 1 aromatic carbocycles. The second-order valence-electron chi connectivity index (χ2n) is 8.68. The first kappa shape index (κ1) is 25.6. The summed E-state index contributed by atoms with van der Waals surface area (Å²) in [4.78, 5) is 31.6. The molecule has 0 saturated carbocycles. The molecule has 3 N–H and O–H groups in total. The molecule has 0 fully saturated rings. The largest absolute Gasteiger partial charge is 0.347 e. The molecule has 0 atom stereocenters. The fraction of sp³-hybridized carbons (Fsp3) is 0.500. The van der Waals surface area contributed by atoms with E-state index in [-0.39, 0.29) is 5.91 Å². The minimum absolute atomic E-state index is 0.149. The molecule has 0 unspecified atom stereocenters. The quantitative estimate of drug-likeness (QED) is 0.278. The summed E-state index contributed by atoms with van der Waals surface area (Å²) in [5.74, 6) is 0.928. The van der Waals surface area contributed by atoms with Gasteiger partial charge in [-0.15, -0.1) is 0 Å². The maximum Gasteiger partial charge on any atom is 0.290 e. The van der Waals surface area contributed by atoms with Gasteiger partial charge in [0.1, 0.15) is 5.82 Å². The predicted molar refractivity (Wildman–Crippen MR) is 135 cm³/mol. The van der Waals surface area contributed by atoms with Gasteiger partial charge in [-0.05, 0) is 63.0 Å². The van der Waals surface area contributed by atoms with E-state index in [2.05, 4.69) is 68.3 Å². The third-order valence-corrected chi connectivity index (χ3v) is 5.77. The maximum atomic E-state index is 12.9.